The number of carbonyl (C=O) groups is 1. The SMILES string of the molecule is CC(C)COc1ccc(C(CC=O)c2ccccn2)c(O)c1. The minimum Gasteiger partial charge on any atom is -0.508 e. The van der Waals surface area contributed by atoms with Gasteiger partial charge in [0, 0.05) is 35.9 Å². The number of rotatable bonds is 7. The number of ether oxygens (including phenoxy) is 1. The van der Waals surface area contributed by atoms with Crippen molar-refractivity contribution in [3.63, 3.8) is 0 Å². The first-order valence-electron chi connectivity index (χ1n) is 7.42. The average Bonchev–Trinajstić information content (AvgIpc) is 2.52. The molecule has 0 amide bonds. The van der Waals surface area contributed by atoms with Crippen molar-refractivity contribution in [3.05, 3.63) is 53.9 Å². The Kier molecular flexibility index (Phi) is 5.53. The zero-order valence-corrected chi connectivity index (χ0v) is 12.9. The van der Waals surface area contributed by atoms with Crippen LogP contribution < -0.4 is 4.74 Å². The van der Waals surface area contributed by atoms with Crippen LogP contribution in [0, 0.1) is 5.92 Å². The molecule has 0 fully saturated rings. The van der Waals surface area contributed by atoms with E-state index in [-0.39, 0.29) is 18.1 Å². The van der Waals surface area contributed by atoms with Crippen LogP contribution in [0.4, 0.5) is 0 Å². The Morgan fingerprint density at radius 2 is 2.09 bits per heavy atom. The van der Waals surface area contributed by atoms with E-state index in [1.54, 1.807) is 18.3 Å². The van der Waals surface area contributed by atoms with Crippen molar-refractivity contribution in [2.75, 3.05) is 6.61 Å². The number of pyridine rings is 1. The van der Waals surface area contributed by atoms with E-state index in [0.717, 1.165) is 12.0 Å². The molecule has 1 heterocycles. The highest BCUT2D eigenvalue weighted by Gasteiger charge is 2.19. The molecule has 0 saturated heterocycles. The van der Waals surface area contributed by atoms with Crippen LogP contribution in [0.1, 0.15) is 37.4 Å². The zero-order chi connectivity index (χ0) is 15.9. The van der Waals surface area contributed by atoms with Gasteiger partial charge in [0.15, 0.2) is 0 Å². The van der Waals surface area contributed by atoms with Crippen LogP contribution in [0.2, 0.25) is 0 Å². The average molecular weight is 299 g/mol. The molecule has 0 radical (unpaired) electrons. The quantitative estimate of drug-likeness (QED) is 0.794. The first-order chi connectivity index (χ1) is 10.6. The predicted octanol–water partition coefficient (Wildman–Crippen LogP) is 3.54. The van der Waals surface area contributed by atoms with Gasteiger partial charge in [-0.2, -0.15) is 0 Å². The maximum Gasteiger partial charge on any atom is 0.123 e. The number of carbonyl (C=O) groups excluding carboxylic acids is 1. The Hall–Kier alpha value is -2.36. The van der Waals surface area contributed by atoms with Crippen LogP contribution in [0.3, 0.4) is 0 Å². The van der Waals surface area contributed by atoms with E-state index in [9.17, 15) is 9.90 Å². The van der Waals surface area contributed by atoms with Gasteiger partial charge in [0.05, 0.1) is 6.61 Å². The van der Waals surface area contributed by atoms with Crippen LogP contribution in [0.5, 0.6) is 11.5 Å². The Morgan fingerprint density at radius 3 is 2.68 bits per heavy atom. The first kappa shape index (κ1) is 16.0. The highest BCUT2D eigenvalue weighted by molar-refractivity contribution is 5.55. The number of phenolic OH excluding ortho intramolecular Hbond substituents is 1. The Balaban J connectivity index is 2.27. The molecule has 4 heteroatoms. The lowest BCUT2D eigenvalue weighted by Gasteiger charge is -2.17. The second-order valence-corrected chi connectivity index (χ2v) is 5.64. The van der Waals surface area contributed by atoms with Crippen LogP contribution in [0.25, 0.3) is 0 Å². The molecule has 0 aliphatic rings. The second kappa shape index (κ2) is 7.59. The standard InChI is InChI=1S/C18H21NO3/c1-13(2)12-22-14-6-7-16(18(21)11-14)15(8-10-20)17-5-3-4-9-19-17/h3-7,9-11,13,15,21H,8,12H2,1-2H3. The fourth-order valence-electron chi connectivity index (χ4n) is 2.26. The Morgan fingerprint density at radius 1 is 1.27 bits per heavy atom. The molecule has 22 heavy (non-hydrogen) atoms. The molecule has 1 N–H and O–H groups in total. The molecule has 0 bridgehead atoms. The van der Waals surface area contributed by atoms with Crippen molar-refractivity contribution in [1.29, 1.82) is 0 Å². The van der Waals surface area contributed by atoms with E-state index >= 15 is 0 Å². The minimum atomic E-state index is -0.252. The summed E-state index contributed by atoms with van der Waals surface area (Å²) in [7, 11) is 0. The van der Waals surface area contributed by atoms with Crippen LogP contribution in [-0.4, -0.2) is 23.0 Å². The molecule has 1 aromatic carbocycles. The summed E-state index contributed by atoms with van der Waals surface area (Å²) in [6.07, 6.45) is 2.81. The highest BCUT2D eigenvalue weighted by atomic mass is 16.5. The summed E-state index contributed by atoms with van der Waals surface area (Å²) in [5, 5.41) is 10.3. The number of aromatic hydroxyl groups is 1. The molecular formula is C18H21NO3. The van der Waals surface area contributed by atoms with Gasteiger partial charge in [0.1, 0.15) is 17.8 Å². The van der Waals surface area contributed by atoms with Gasteiger partial charge in [-0.25, -0.2) is 0 Å². The van der Waals surface area contributed by atoms with Crippen LogP contribution in [0.15, 0.2) is 42.6 Å². The summed E-state index contributed by atoms with van der Waals surface area (Å²) < 4.78 is 5.60. The fraction of sp³-hybridized carbons (Fsp3) is 0.333. The van der Waals surface area contributed by atoms with Crippen molar-refractivity contribution in [2.45, 2.75) is 26.2 Å². The van der Waals surface area contributed by atoms with Gasteiger partial charge >= 0.3 is 0 Å². The summed E-state index contributed by atoms with van der Waals surface area (Å²) in [6, 6.07) is 10.8. The number of nitrogens with zero attached hydrogens (tertiary/aromatic N) is 1. The molecule has 2 rings (SSSR count). The summed E-state index contributed by atoms with van der Waals surface area (Å²) in [5.74, 6) is 0.913. The largest absolute Gasteiger partial charge is 0.508 e. The monoisotopic (exact) mass is 299 g/mol. The molecule has 1 unspecified atom stereocenters. The molecular weight excluding hydrogens is 278 g/mol. The summed E-state index contributed by atoms with van der Waals surface area (Å²) in [5.41, 5.74) is 1.45. The predicted molar refractivity (Wildman–Crippen MR) is 85.2 cm³/mol. The molecule has 1 aromatic heterocycles. The third-order valence-electron chi connectivity index (χ3n) is 3.34. The lowest BCUT2D eigenvalue weighted by atomic mass is 9.91. The van der Waals surface area contributed by atoms with Gasteiger partial charge in [0.25, 0.3) is 0 Å². The van der Waals surface area contributed by atoms with E-state index in [2.05, 4.69) is 18.8 Å². The highest BCUT2D eigenvalue weighted by Crippen LogP contribution is 2.34. The molecule has 1 atom stereocenters. The maximum atomic E-state index is 11.0. The molecule has 0 aliphatic carbocycles. The van der Waals surface area contributed by atoms with Gasteiger partial charge in [0.2, 0.25) is 0 Å². The maximum absolute atomic E-state index is 11.0. The fourth-order valence-corrected chi connectivity index (χ4v) is 2.26. The molecule has 116 valence electrons. The van der Waals surface area contributed by atoms with Crippen molar-refractivity contribution in [2.24, 2.45) is 5.92 Å². The molecule has 4 nitrogen and oxygen atoms in total. The lowest BCUT2D eigenvalue weighted by Crippen LogP contribution is -2.06. The number of aromatic nitrogens is 1. The summed E-state index contributed by atoms with van der Waals surface area (Å²) >= 11 is 0. The van der Waals surface area contributed by atoms with Crippen molar-refractivity contribution >= 4 is 6.29 Å². The van der Waals surface area contributed by atoms with Crippen molar-refractivity contribution < 1.29 is 14.6 Å². The van der Waals surface area contributed by atoms with Crippen molar-refractivity contribution in [1.82, 2.24) is 4.98 Å². The van der Waals surface area contributed by atoms with Gasteiger partial charge < -0.3 is 14.6 Å². The van der Waals surface area contributed by atoms with Crippen LogP contribution >= 0.6 is 0 Å². The third-order valence-corrected chi connectivity index (χ3v) is 3.34. The van der Waals surface area contributed by atoms with E-state index < -0.39 is 0 Å². The van der Waals surface area contributed by atoms with Gasteiger partial charge in [-0.05, 0) is 24.1 Å². The Labute approximate surface area is 130 Å². The summed E-state index contributed by atoms with van der Waals surface area (Å²) in [6.45, 7) is 4.72. The Bertz CT molecular complexity index is 611. The summed E-state index contributed by atoms with van der Waals surface area (Å²) in [4.78, 5) is 15.3. The first-order valence-corrected chi connectivity index (χ1v) is 7.42. The van der Waals surface area contributed by atoms with Crippen molar-refractivity contribution in [3.8, 4) is 11.5 Å². The van der Waals surface area contributed by atoms with E-state index in [4.69, 9.17) is 4.74 Å². The number of hydrogen-bond donors (Lipinski definition) is 1. The smallest absolute Gasteiger partial charge is 0.123 e. The third kappa shape index (κ3) is 4.07. The number of aldehydes is 1. The molecule has 0 saturated carbocycles. The molecule has 0 aliphatic heterocycles. The topological polar surface area (TPSA) is 59.4 Å². The number of hydrogen-bond acceptors (Lipinski definition) is 4. The molecule has 2 aromatic rings. The molecule has 0 spiro atoms. The minimum absolute atomic E-state index is 0.124. The lowest BCUT2D eigenvalue weighted by molar-refractivity contribution is -0.108. The van der Waals surface area contributed by atoms with Gasteiger partial charge in [-0.15, -0.1) is 0 Å². The number of benzene rings is 1. The zero-order valence-electron chi connectivity index (χ0n) is 12.9. The van der Waals surface area contributed by atoms with Gasteiger partial charge in [-0.1, -0.05) is 26.0 Å². The van der Waals surface area contributed by atoms with Gasteiger partial charge in [-0.3, -0.25) is 4.98 Å². The van der Waals surface area contributed by atoms with E-state index in [1.165, 1.54) is 0 Å². The normalized spacial score (nSPS) is 12.1. The van der Waals surface area contributed by atoms with E-state index in [1.807, 2.05) is 24.3 Å². The van der Waals surface area contributed by atoms with E-state index in [0.29, 0.717) is 23.8 Å². The van der Waals surface area contributed by atoms with Crippen LogP contribution in [-0.2, 0) is 4.79 Å². The number of phenols is 1. The second-order valence-electron chi connectivity index (χ2n) is 5.64.